The summed E-state index contributed by atoms with van der Waals surface area (Å²) in [6.07, 6.45) is -0.338. The highest BCUT2D eigenvalue weighted by Crippen LogP contribution is 2.48. The molecule has 1 fully saturated rings. The number of hydrogen-bond acceptors (Lipinski definition) is 10. The number of sulfonamides is 1. The number of aliphatic hydroxyl groups is 1. The largest absolute Gasteiger partial charge is 0.504 e. The Kier molecular flexibility index (Phi) is 9.23. The zero-order valence-electron chi connectivity index (χ0n) is 22.5. The second kappa shape index (κ2) is 12.0. The average molecular weight is 563 g/mol. The Morgan fingerprint density at radius 1 is 1.08 bits per heavy atom. The van der Waals surface area contributed by atoms with Gasteiger partial charge in [0.25, 0.3) is 10.0 Å². The highest BCUT2D eigenvalue weighted by molar-refractivity contribution is 7.89. The van der Waals surface area contributed by atoms with Gasteiger partial charge in [-0.15, -0.1) is 0 Å². The van der Waals surface area contributed by atoms with Gasteiger partial charge in [-0.3, -0.25) is 9.59 Å². The van der Waals surface area contributed by atoms with Gasteiger partial charge < -0.3 is 24.4 Å². The first-order valence-corrected chi connectivity index (χ1v) is 13.9. The fourth-order valence-electron chi connectivity index (χ4n) is 4.82. The van der Waals surface area contributed by atoms with Crippen molar-refractivity contribution in [1.29, 1.82) is 0 Å². The third kappa shape index (κ3) is 6.51. The summed E-state index contributed by atoms with van der Waals surface area (Å²) < 4.78 is 41.6. The van der Waals surface area contributed by atoms with Gasteiger partial charge in [0.15, 0.2) is 11.5 Å². The standard InChI is InChI=1S/C27H34N2O9S/c1-6-37-25(31)23-19(28-29-39(34,35)18-11-8-16(3)9-12-18)15-27(4,33)24(26(32)38-7-2)22(23)17-10-13-21(36-5)20(30)14-17/h8-14,22-24,29-30,33H,6-7,15H2,1-5H3/b28-19-/t22-,23-,24-,27+/m1/s1. The molecule has 11 nitrogen and oxygen atoms in total. The minimum Gasteiger partial charge on any atom is -0.504 e. The predicted molar refractivity (Wildman–Crippen MR) is 142 cm³/mol. The summed E-state index contributed by atoms with van der Waals surface area (Å²) in [5.41, 5.74) is -0.709. The molecule has 0 amide bonds. The van der Waals surface area contributed by atoms with Crippen LogP contribution in [0.5, 0.6) is 11.5 Å². The van der Waals surface area contributed by atoms with Crippen molar-refractivity contribution in [3.63, 3.8) is 0 Å². The van der Waals surface area contributed by atoms with Crippen molar-refractivity contribution in [3.8, 4) is 11.5 Å². The maximum atomic E-state index is 13.4. The summed E-state index contributed by atoms with van der Waals surface area (Å²) in [5, 5.41) is 26.1. The number of aromatic hydroxyl groups is 1. The summed E-state index contributed by atoms with van der Waals surface area (Å²) in [6, 6.07) is 10.4. The highest BCUT2D eigenvalue weighted by Gasteiger charge is 2.56. The Labute approximate surface area is 227 Å². The molecule has 3 rings (SSSR count). The Hall–Kier alpha value is -3.64. The van der Waals surface area contributed by atoms with E-state index in [1.54, 1.807) is 26.0 Å². The van der Waals surface area contributed by atoms with Crippen LogP contribution in [0.4, 0.5) is 0 Å². The number of phenolic OH excluding ortho intramolecular Hbond substituents is 1. The maximum absolute atomic E-state index is 13.4. The molecule has 4 atom stereocenters. The van der Waals surface area contributed by atoms with Crippen LogP contribution >= 0.6 is 0 Å². The molecule has 0 radical (unpaired) electrons. The number of rotatable bonds is 9. The zero-order valence-corrected chi connectivity index (χ0v) is 23.3. The molecule has 39 heavy (non-hydrogen) atoms. The highest BCUT2D eigenvalue weighted by atomic mass is 32.2. The van der Waals surface area contributed by atoms with E-state index >= 15 is 0 Å². The van der Waals surface area contributed by atoms with Gasteiger partial charge in [-0.25, -0.2) is 4.83 Å². The summed E-state index contributed by atoms with van der Waals surface area (Å²) in [5.74, 6) is -5.37. The topological polar surface area (TPSA) is 161 Å². The van der Waals surface area contributed by atoms with Crippen LogP contribution in [0.1, 0.15) is 44.2 Å². The molecule has 0 aromatic heterocycles. The van der Waals surface area contributed by atoms with Gasteiger partial charge in [-0.1, -0.05) is 23.8 Å². The Morgan fingerprint density at radius 3 is 2.26 bits per heavy atom. The van der Waals surface area contributed by atoms with E-state index in [2.05, 4.69) is 9.93 Å². The third-order valence-electron chi connectivity index (χ3n) is 6.60. The number of hydrogen-bond donors (Lipinski definition) is 3. The zero-order chi connectivity index (χ0) is 29.0. The summed E-state index contributed by atoms with van der Waals surface area (Å²) >= 11 is 0. The van der Waals surface area contributed by atoms with Gasteiger partial charge in [-0.05, 0) is 57.5 Å². The van der Waals surface area contributed by atoms with E-state index in [1.165, 1.54) is 44.4 Å². The lowest BCUT2D eigenvalue weighted by Crippen LogP contribution is -2.55. The number of phenols is 1. The van der Waals surface area contributed by atoms with Crippen molar-refractivity contribution in [1.82, 2.24) is 4.83 Å². The predicted octanol–water partition coefficient (Wildman–Crippen LogP) is 2.64. The Morgan fingerprint density at radius 2 is 1.69 bits per heavy atom. The SMILES string of the molecule is CCOC(=O)[C@@H]1/C(=N\NS(=O)(=O)c2ccc(C)cc2)C[C@](C)(O)[C@@H](C(=O)OCC)[C@@H]1c1ccc(OC)c(O)c1. The van der Waals surface area contributed by atoms with Crippen LogP contribution in [-0.4, -0.2) is 62.2 Å². The molecule has 2 aromatic carbocycles. The van der Waals surface area contributed by atoms with Gasteiger partial charge >= 0.3 is 11.9 Å². The molecular weight excluding hydrogens is 528 g/mol. The van der Waals surface area contributed by atoms with E-state index in [4.69, 9.17) is 14.2 Å². The quantitative estimate of drug-likeness (QED) is 0.308. The van der Waals surface area contributed by atoms with Gasteiger partial charge in [-0.2, -0.15) is 13.5 Å². The minimum absolute atomic E-state index is 0.00123. The molecule has 1 saturated carbocycles. The third-order valence-corrected chi connectivity index (χ3v) is 7.82. The second-order valence-corrected chi connectivity index (χ2v) is 11.1. The van der Waals surface area contributed by atoms with Crippen molar-refractivity contribution in [2.75, 3.05) is 20.3 Å². The van der Waals surface area contributed by atoms with Crippen LogP contribution in [0.2, 0.25) is 0 Å². The van der Waals surface area contributed by atoms with Crippen LogP contribution in [0, 0.1) is 18.8 Å². The van der Waals surface area contributed by atoms with Crippen molar-refractivity contribution in [2.24, 2.45) is 16.9 Å². The maximum Gasteiger partial charge on any atom is 0.315 e. The first-order chi connectivity index (χ1) is 18.4. The van der Waals surface area contributed by atoms with Gasteiger partial charge in [0, 0.05) is 12.3 Å². The molecule has 0 spiro atoms. The number of carbonyl (C=O) groups is 2. The molecule has 0 heterocycles. The molecule has 0 saturated heterocycles. The van der Waals surface area contributed by atoms with Crippen LogP contribution in [0.25, 0.3) is 0 Å². The van der Waals surface area contributed by atoms with Gasteiger partial charge in [0.05, 0.1) is 42.4 Å². The van der Waals surface area contributed by atoms with Gasteiger partial charge in [0.2, 0.25) is 0 Å². The molecule has 0 bridgehead atoms. The molecule has 12 heteroatoms. The summed E-state index contributed by atoms with van der Waals surface area (Å²) in [6.45, 7) is 6.43. The van der Waals surface area contributed by atoms with E-state index < -0.39 is 45.3 Å². The molecule has 212 valence electrons. The smallest absolute Gasteiger partial charge is 0.315 e. The molecule has 0 aliphatic heterocycles. The fourth-order valence-corrected chi connectivity index (χ4v) is 5.65. The number of methoxy groups -OCH3 is 1. The molecular formula is C27H34N2O9S. The van der Waals surface area contributed by atoms with E-state index in [0.717, 1.165) is 5.56 Å². The molecule has 1 aliphatic carbocycles. The molecule has 0 unspecified atom stereocenters. The molecule has 1 aliphatic rings. The van der Waals surface area contributed by atoms with Crippen LogP contribution in [-0.2, 0) is 29.1 Å². The van der Waals surface area contributed by atoms with E-state index in [-0.39, 0.29) is 41.7 Å². The average Bonchev–Trinajstić information content (AvgIpc) is 2.87. The Bertz CT molecular complexity index is 1340. The number of nitrogens with one attached hydrogen (secondary N) is 1. The fraction of sp³-hybridized carbons (Fsp3) is 0.444. The number of hydrazone groups is 1. The molecule has 2 aromatic rings. The van der Waals surface area contributed by atoms with Crippen LogP contribution in [0.3, 0.4) is 0 Å². The lowest BCUT2D eigenvalue weighted by molar-refractivity contribution is -0.163. The first-order valence-electron chi connectivity index (χ1n) is 12.4. The number of nitrogens with zero attached hydrogens (tertiary/aromatic N) is 1. The minimum atomic E-state index is -4.13. The van der Waals surface area contributed by atoms with Crippen molar-refractivity contribution in [3.05, 3.63) is 53.6 Å². The number of aryl methyl sites for hydroxylation is 1. The van der Waals surface area contributed by atoms with Crippen LogP contribution in [0.15, 0.2) is 52.5 Å². The van der Waals surface area contributed by atoms with Gasteiger partial charge in [0.1, 0.15) is 5.92 Å². The van der Waals surface area contributed by atoms with E-state index in [1.807, 2.05) is 6.92 Å². The monoisotopic (exact) mass is 562 g/mol. The van der Waals surface area contributed by atoms with E-state index in [0.29, 0.717) is 5.56 Å². The molecule has 3 N–H and O–H groups in total. The second-order valence-electron chi connectivity index (χ2n) is 9.46. The Balaban J connectivity index is 2.19. The van der Waals surface area contributed by atoms with Crippen LogP contribution < -0.4 is 9.57 Å². The first kappa shape index (κ1) is 29.9. The van der Waals surface area contributed by atoms with Crippen molar-refractivity contribution in [2.45, 2.75) is 50.5 Å². The number of carbonyl (C=O) groups excluding carboxylic acids is 2. The summed E-state index contributed by atoms with van der Waals surface area (Å²) in [7, 11) is -2.76. The normalized spacial score (nSPS) is 24.2. The van der Waals surface area contributed by atoms with E-state index in [9.17, 15) is 28.2 Å². The number of ether oxygens (including phenoxy) is 3. The summed E-state index contributed by atoms with van der Waals surface area (Å²) in [4.78, 5) is 28.7. The lowest BCUT2D eigenvalue weighted by atomic mass is 9.61. The number of esters is 2. The van der Waals surface area contributed by atoms with Crippen molar-refractivity contribution < 1.29 is 42.4 Å². The van der Waals surface area contributed by atoms with Crippen molar-refractivity contribution >= 4 is 27.7 Å². The number of benzene rings is 2. The lowest BCUT2D eigenvalue weighted by Gasteiger charge is -2.45.